The summed E-state index contributed by atoms with van der Waals surface area (Å²) in [5, 5.41) is 28.1. The van der Waals surface area contributed by atoms with E-state index in [9.17, 15) is 62.2 Å². The van der Waals surface area contributed by atoms with Gasteiger partial charge in [-0.3, -0.25) is 8.61 Å². The van der Waals surface area contributed by atoms with Gasteiger partial charge in [-0.25, -0.2) is 25.6 Å². The molecule has 0 saturated carbocycles. The summed E-state index contributed by atoms with van der Waals surface area (Å²) in [6, 6.07) is 14.5. The van der Waals surface area contributed by atoms with E-state index in [1.54, 1.807) is 27.7 Å². The standard InChI is InChI=1S/2C23H26F4N2O4S/c2*1-4-33-28-15(2)13-19-9-5-16-14-17(22(3,30)23(25,26)27)6-12-21(16)29(19)34(31,32)20-10-7-18(24)8-11-20/h2*6-8,10-12,14,19,30H,4-5,9,13H2,1-3H3/b28-15+;28-15-/t2*19-,22?/m00/s1. The summed E-state index contributed by atoms with van der Waals surface area (Å²) in [6.45, 7) is 8.88. The molecule has 2 heterocycles. The summed E-state index contributed by atoms with van der Waals surface area (Å²) in [4.78, 5) is 9.80. The van der Waals surface area contributed by atoms with Crippen molar-refractivity contribution >= 4 is 42.8 Å². The lowest BCUT2D eigenvalue weighted by Gasteiger charge is -2.38. The van der Waals surface area contributed by atoms with Crippen molar-refractivity contribution in [3.8, 4) is 0 Å². The Morgan fingerprint density at radius 2 is 0.926 bits per heavy atom. The van der Waals surface area contributed by atoms with Gasteiger partial charge in [0.2, 0.25) is 0 Å². The van der Waals surface area contributed by atoms with E-state index < -0.39 is 67.3 Å². The number of anilines is 2. The molecule has 6 rings (SSSR count). The highest BCUT2D eigenvalue weighted by Gasteiger charge is 2.53. The van der Waals surface area contributed by atoms with E-state index in [0.717, 1.165) is 69.3 Å². The molecule has 0 bridgehead atoms. The SMILES string of the molecule is CCO/N=C(/C)C[C@@H]1CCc2cc(C(C)(O)C(F)(F)F)ccc2N1S(=O)(=O)c1ccc(F)cc1.CCO/N=C(\C)C[C@@H]1CCc2cc(C(C)(O)C(F)(F)F)ccc2N1S(=O)(=O)c1ccc(F)cc1. The summed E-state index contributed by atoms with van der Waals surface area (Å²) in [7, 11) is -8.40. The van der Waals surface area contributed by atoms with Crippen molar-refractivity contribution in [3.05, 3.63) is 119 Å². The number of oxime groups is 2. The summed E-state index contributed by atoms with van der Waals surface area (Å²) in [5.41, 5.74) is -4.77. The molecule has 372 valence electrons. The lowest BCUT2D eigenvalue weighted by Crippen LogP contribution is -2.45. The van der Waals surface area contributed by atoms with Crippen LogP contribution < -0.4 is 8.61 Å². The number of halogens is 8. The number of rotatable bonds is 14. The minimum atomic E-state index is -4.91. The van der Waals surface area contributed by atoms with Gasteiger partial charge in [-0.1, -0.05) is 34.6 Å². The van der Waals surface area contributed by atoms with Gasteiger partial charge < -0.3 is 19.9 Å². The lowest BCUT2D eigenvalue weighted by molar-refractivity contribution is -0.259. The summed E-state index contributed by atoms with van der Waals surface area (Å²) in [5.74, 6) is -1.21. The van der Waals surface area contributed by atoms with E-state index in [2.05, 4.69) is 10.3 Å². The number of hydrogen-bond acceptors (Lipinski definition) is 10. The average molecular weight is 1010 g/mol. The fourth-order valence-electron chi connectivity index (χ4n) is 7.77. The van der Waals surface area contributed by atoms with E-state index in [0.29, 0.717) is 75.3 Å². The van der Waals surface area contributed by atoms with Crippen LogP contribution in [0.2, 0.25) is 0 Å². The molecule has 4 aromatic carbocycles. The molecule has 22 heteroatoms. The van der Waals surface area contributed by atoms with Gasteiger partial charge in [-0.05, 0) is 150 Å². The maximum Gasteiger partial charge on any atom is 0.421 e. The van der Waals surface area contributed by atoms with E-state index in [4.69, 9.17) is 9.68 Å². The molecule has 0 radical (unpaired) electrons. The largest absolute Gasteiger partial charge is 0.421 e. The Bertz CT molecular complexity index is 2510. The molecule has 0 aromatic heterocycles. The maximum absolute atomic E-state index is 13.6. The van der Waals surface area contributed by atoms with Gasteiger partial charge in [-0.15, -0.1) is 0 Å². The first-order valence-electron chi connectivity index (χ1n) is 21.3. The first-order valence-corrected chi connectivity index (χ1v) is 24.2. The predicted octanol–water partition coefficient (Wildman–Crippen LogP) is 9.82. The quantitative estimate of drug-likeness (QED) is 0.0718. The minimum absolute atomic E-state index is 0.155. The third kappa shape index (κ3) is 11.6. The van der Waals surface area contributed by atoms with Crippen LogP contribution in [0.3, 0.4) is 0 Å². The van der Waals surface area contributed by atoms with Gasteiger partial charge in [-0.2, -0.15) is 26.3 Å². The van der Waals surface area contributed by atoms with E-state index >= 15 is 0 Å². The Hall–Kier alpha value is -5.32. The second-order valence-corrected chi connectivity index (χ2v) is 20.2. The molecule has 0 aliphatic carbocycles. The lowest BCUT2D eigenvalue weighted by atomic mass is 9.89. The van der Waals surface area contributed by atoms with Crippen LogP contribution in [0.1, 0.15) is 89.5 Å². The fourth-order valence-corrected chi connectivity index (χ4v) is 11.2. The summed E-state index contributed by atoms with van der Waals surface area (Å²) in [6.07, 6.45) is -8.20. The zero-order valence-electron chi connectivity index (χ0n) is 37.9. The number of aryl methyl sites for hydroxylation is 2. The molecule has 0 spiro atoms. The van der Waals surface area contributed by atoms with Crippen molar-refractivity contribution in [2.75, 3.05) is 21.8 Å². The van der Waals surface area contributed by atoms with Crippen molar-refractivity contribution < 1.29 is 71.8 Å². The monoisotopic (exact) mass is 1000 g/mol. The Kier molecular flexibility index (Phi) is 16.3. The first-order chi connectivity index (χ1) is 31.6. The summed E-state index contributed by atoms with van der Waals surface area (Å²) >= 11 is 0. The number of aliphatic hydroxyl groups is 2. The van der Waals surface area contributed by atoms with E-state index in [1.807, 2.05) is 0 Å². The molecule has 4 atom stereocenters. The number of benzene rings is 4. The highest BCUT2D eigenvalue weighted by Crippen LogP contribution is 2.45. The highest BCUT2D eigenvalue weighted by molar-refractivity contribution is 7.93. The molecule has 2 N–H and O–H groups in total. The molecule has 2 aliphatic rings. The van der Waals surface area contributed by atoms with Gasteiger partial charge in [0.15, 0.2) is 11.2 Å². The molecule has 68 heavy (non-hydrogen) atoms. The van der Waals surface area contributed by atoms with E-state index in [1.165, 1.54) is 24.3 Å². The third-order valence-electron chi connectivity index (χ3n) is 11.5. The highest BCUT2D eigenvalue weighted by atomic mass is 32.2. The number of fused-ring (bicyclic) bond motifs is 2. The van der Waals surface area contributed by atoms with Gasteiger partial charge in [0, 0.05) is 12.8 Å². The molecule has 0 amide bonds. The normalized spacial score (nSPS) is 18.9. The molecule has 0 fully saturated rings. The molecule has 2 unspecified atom stereocenters. The Balaban J connectivity index is 0.000000254. The Morgan fingerprint density at radius 1 is 0.603 bits per heavy atom. The minimum Gasteiger partial charge on any atom is -0.396 e. The van der Waals surface area contributed by atoms with Gasteiger partial charge in [0.05, 0.1) is 44.7 Å². The predicted molar refractivity (Wildman–Crippen MR) is 239 cm³/mol. The van der Waals surface area contributed by atoms with Crippen molar-refractivity contribution in [1.82, 2.24) is 0 Å². The zero-order valence-corrected chi connectivity index (χ0v) is 39.5. The van der Waals surface area contributed by atoms with Crippen LogP contribution in [0.5, 0.6) is 0 Å². The number of nitrogens with zero attached hydrogens (tertiary/aromatic N) is 4. The van der Waals surface area contributed by atoms with Crippen LogP contribution in [0, 0.1) is 11.6 Å². The van der Waals surface area contributed by atoms with E-state index in [-0.39, 0.29) is 45.1 Å². The zero-order chi connectivity index (χ0) is 50.6. The van der Waals surface area contributed by atoms with Crippen LogP contribution in [-0.2, 0) is 53.8 Å². The van der Waals surface area contributed by atoms with Crippen molar-refractivity contribution in [1.29, 1.82) is 0 Å². The molecule has 2 aliphatic heterocycles. The van der Waals surface area contributed by atoms with Gasteiger partial charge >= 0.3 is 12.4 Å². The molecule has 0 saturated heterocycles. The van der Waals surface area contributed by atoms with Crippen molar-refractivity contribution in [3.63, 3.8) is 0 Å². The molecular weight excluding hydrogens is 953 g/mol. The number of alkyl halides is 6. The smallest absolute Gasteiger partial charge is 0.396 e. The van der Waals surface area contributed by atoms with Crippen LogP contribution >= 0.6 is 0 Å². The van der Waals surface area contributed by atoms with Crippen LogP contribution in [0.4, 0.5) is 46.5 Å². The maximum atomic E-state index is 13.6. The Morgan fingerprint density at radius 3 is 1.22 bits per heavy atom. The summed E-state index contributed by atoms with van der Waals surface area (Å²) < 4.78 is 164. The molecule has 4 aromatic rings. The first kappa shape index (κ1) is 53.6. The number of hydrogen-bond donors (Lipinski definition) is 2. The second kappa shape index (κ2) is 20.7. The van der Waals surface area contributed by atoms with Crippen LogP contribution in [0.15, 0.2) is 105 Å². The van der Waals surface area contributed by atoms with Gasteiger partial charge in [0.1, 0.15) is 24.8 Å². The molecule has 12 nitrogen and oxygen atoms in total. The van der Waals surface area contributed by atoms with Gasteiger partial charge in [0.25, 0.3) is 20.0 Å². The van der Waals surface area contributed by atoms with Crippen molar-refractivity contribution in [2.45, 2.75) is 125 Å². The second-order valence-electron chi connectivity index (χ2n) is 16.6. The van der Waals surface area contributed by atoms with Crippen molar-refractivity contribution in [2.24, 2.45) is 10.3 Å². The fraction of sp³-hybridized carbons (Fsp3) is 0.435. The molecular formula is C46H52F8N4O8S2. The van der Waals surface area contributed by atoms with Crippen LogP contribution in [-0.4, -0.2) is 76.1 Å². The Labute approximate surface area is 390 Å². The topological polar surface area (TPSA) is 158 Å². The van der Waals surface area contributed by atoms with Crippen LogP contribution in [0.25, 0.3) is 0 Å². The average Bonchev–Trinajstić information content (AvgIpc) is 3.26. The number of sulfonamides is 2. The third-order valence-corrected chi connectivity index (χ3v) is 15.3.